The molecule has 1 aromatic carbocycles. The monoisotopic (exact) mass is 233 g/mol. The third-order valence-electron chi connectivity index (χ3n) is 2.48. The number of ether oxygens (including phenoxy) is 1. The Balaban J connectivity index is 2.09. The van der Waals surface area contributed by atoms with Gasteiger partial charge >= 0.3 is 0 Å². The van der Waals surface area contributed by atoms with E-state index in [1.165, 1.54) is 0 Å². The molecule has 0 aliphatic carbocycles. The van der Waals surface area contributed by atoms with Gasteiger partial charge in [0, 0.05) is 12.1 Å². The molecule has 0 radical (unpaired) electrons. The number of fused-ring (bicyclic) bond motifs is 1. The summed E-state index contributed by atoms with van der Waals surface area (Å²) >= 11 is 0. The van der Waals surface area contributed by atoms with E-state index in [2.05, 4.69) is 5.32 Å². The fraction of sp³-hybridized carbons (Fsp3) is 0.308. The van der Waals surface area contributed by atoms with Crippen LogP contribution in [-0.2, 0) is 4.79 Å². The highest BCUT2D eigenvalue weighted by atomic mass is 16.5. The Kier molecular flexibility index (Phi) is 3.44. The summed E-state index contributed by atoms with van der Waals surface area (Å²) in [6.45, 7) is 2.14. The van der Waals surface area contributed by atoms with Gasteiger partial charge in [0.05, 0.1) is 11.7 Å². The summed E-state index contributed by atoms with van der Waals surface area (Å²) in [7, 11) is 0. The van der Waals surface area contributed by atoms with Crippen LogP contribution in [0.15, 0.2) is 29.8 Å². The van der Waals surface area contributed by atoms with Crippen LogP contribution in [0.3, 0.4) is 0 Å². The minimum absolute atomic E-state index is 0.194. The Morgan fingerprint density at radius 1 is 1.53 bits per heavy atom. The fourth-order valence-electron chi connectivity index (χ4n) is 1.60. The maximum absolute atomic E-state index is 11.7. The summed E-state index contributed by atoms with van der Waals surface area (Å²) in [6.07, 6.45) is 1.27. The molecule has 2 rings (SSSR count). The van der Waals surface area contributed by atoms with Gasteiger partial charge in [-0.1, -0.05) is 18.2 Å². The maximum Gasteiger partial charge on any atom is 0.250 e. The lowest BCUT2D eigenvalue weighted by atomic mass is 10.1. The zero-order chi connectivity index (χ0) is 12.3. The molecule has 0 spiro atoms. The number of aliphatic hydroxyl groups excluding tert-OH is 1. The number of nitrogens with one attached hydrogen (secondary N) is 1. The van der Waals surface area contributed by atoms with Gasteiger partial charge in [0.25, 0.3) is 5.91 Å². The number of carbonyl (C=O) groups excluding carboxylic acids is 1. The molecule has 0 aromatic heterocycles. The SMILES string of the molecule is CC(O)CNC(=O)C1=Cc2ccccc2OC1. The topological polar surface area (TPSA) is 58.6 Å². The van der Waals surface area contributed by atoms with Crippen LogP contribution in [0, 0.1) is 0 Å². The molecule has 1 aliphatic heterocycles. The highest BCUT2D eigenvalue weighted by Crippen LogP contribution is 2.25. The van der Waals surface area contributed by atoms with Crippen LogP contribution in [0.5, 0.6) is 5.75 Å². The zero-order valence-corrected chi connectivity index (χ0v) is 9.64. The second-order valence-corrected chi connectivity index (χ2v) is 4.06. The molecule has 4 heteroatoms. The van der Waals surface area contributed by atoms with E-state index in [4.69, 9.17) is 9.84 Å². The van der Waals surface area contributed by atoms with Crippen LogP contribution in [0.2, 0.25) is 0 Å². The summed E-state index contributed by atoms with van der Waals surface area (Å²) in [6, 6.07) is 7.56. The van der Waals surface area contributed by atoms with Crippen molar-refractivity contribution in [2.75, 3.05) is 13.2 Å². The summed E-state index contributed by atoms with van der Waals surface area (Å²) < 4.78 is 5.47. The largest absolute Gasteiger partial charge is 0.488 e. The third-order valence-corrected chi connectivity index (χ3v) is 2.48. The second-order valence-electron chi connectivity index (χ2n) is 4.06. The lowest BCUT2D eigenvalue weighted by molar-refractivity contribution is -0.118. The molecule has 90 valence electrons. The molecule has 4 nitrogen and oxygen atoms in total. The van der Waals surface area contributed by atoms with Crippen molar-refractivity contribution in [3.63, 3.8) is 0 Å². The van der Waals surface area contributed by atoms with Crippen LogP contribution in [0.1, 0.15) is 12.5 Å². The molecule has 0 fully saturated rings. The predicted molar refractivity (Wildman–Crippen MR) is 64.6 cm³/mol. The van der Waals surface area contributed by atoms with Gasteiger partial charge in [-0.3, -0.25) is 4.79 Å². The number of rotatable bonds is 3. The Bertz CT molecular complexity index is 452. The molecule has 1 amide bonds. The van der Waals surface area contributed by atoms with Crippen LogP contribution in [-0.4, -0.2) is 30.3 Å². The van der Waals surface area contributed by atoms with Crippen molar-refractivity contribution in [3.05, 3.63) is 35.4 Å². The van der Waals surface area contributed by atoms with E-state index in [1.807, 2.05) is 30.3 Å². The predicted octanol–water partition coefficient (Wildman–Crippen LogP) is 0.959. The van der Waals surface area contributed by atoms with Crippen molar-refractivity contribution in [1.82, 2.24) is 5.32 Å². The molecule has 1 atom stereocenters. The van der Waals surface area contributed by atoms with E-state index in [9.17, 15) is 4.79 Å². The Labute approximate surface area is 99.9 Å². The van der Waals surface area contributed by atoms with Gasteiger partial charge in [-0.15, -0.1) is 0 Å². The Morgan fingerprint density at radius 3 is 3.06 bits per heavy atom. The number of benzene rings is 1. The quantitative estimate of drug-likeness (QED) is 0.817. The molecule has 1 unspecified atom stereocenters. The highest BCUT2D eigenvalue weighted by Gasteiger charge is 2.16. The number of aliphatic hydroxyl groups is 1. The number of hydrogen-bond donors (Lipinski definition) is 2. The van der Waals surface area contributed by atoms with Crippen molar-refractivity contribution in [3.8, 4) is 5.75 Å². The van der Waals surface area contributed by atoms with E-state index >= 15 is 0 Å². The molecule has 0 saturated heterocycles. The number of hydrogen-bond acceptors (Lipinski definition) is 3. The highest BCUT2D eigenvalue weighted by molar-refractivity contribution is 5.99. The van der Waals surface area contributed by atoms with Crippen molar-refractivity contribution in [2.24, 2.45) is 0 Å². The van der Waals surface area contributed by atoms with Crippen molar-refractivity contribution >= 4 is 12.0 Å². The average Bonchev–Trinajstić information content (AvgIpc) is 2.35. The minimum Gasteiger partial charge on any atom is -0.488 e. The van der Waals surface area contributed by atoms with Crippen LogP contribution in [0.25, 0.3) is 6.08 Å². The summed E-state index contributed by atoms with van der Waals surface area (Å²) in [5.74, 6) is 0.597. The van der Waals surface area contributed by atoms with E-state index in [-0.39, 0.29) is 19.1 Å². The first kappa shape index (κ1) is 11.7. The first-order valence-electron chi connectivity index (χ1n) is 5.55. The van der Waals surface area contributed by atoms with Gasteiger partial charge < -0.3 is 15.2 Å². The Morgan fingerprint density at radius 2 is 2.29 bits per heavy atom. The van der Waals surface area contributed by atoms with Crippen LogP contribution >= 0.6 is 0 Å². The number of carbonyl (C=O) groups is 1. The first-order chi connectivity index (χ1) is 8.16. The molecular formula is C13H15NO3. The molecule has 17 heavy (non-hydrogen) atoms. The zero-order valence-electron chi connectivity index (χ0n) is 9.64. The maximum atomic E-state index is 11.7. The van der Waals surface area contributed by atoms with E-state index in [1.54, 1.807) is 6.92 Å². The molecule has 0 saturated carbocycles. The smallest absolute Gasteiger partial charge is 0.250 e. The second kappa shape index (κ2) is 5.01. The van der Waals surface area contributed by atoms with Gasteiger partial charge in [-0.05, 0) is 19.1 Å². The Hall–Kier alpha value is -1.81. The van der Waals surface area contributed by atoms with Crippen LogP contribution in [0.4, 0.5) is 0 Å². The van der Waals surface area contributed by atoms with E-state index in [0.29, 0.717) is 5.57 Å². The average molecular weight is 233 g/mol. The fourth-order valence-corrected chi connectivity index (χ4v) is 1.60. The van der Waals surface area contributed by atoms with E-state index < -0.39 is 6.10 Å². The standard InChI is InChI=1S/C13H15NO3/c1-9(15)7-14-13(16)11-6-10-4-2-3-5-12(10)17-8-11/h2-6,9,15H,7-8H2,1H3,(H,14,16). The lowest BCUT2D eigenvalue weighted by Gasteiger charge is -2.17. The summed E-state index contributed by atoms with van der Waals surface area (Å²) in [4.78, 5) is 11.7. The molecule has 1 heterocycles. The minimum atomic E-state index is -0.545. The molecular weight excluding hydrogens is 218 g/mol. The van der Waals surface area contributed by atoms with Gasteiger partial charge in [0.1, 0.15) is 12.4 Å². The lowest BCUT2D eigenvalue weighted by Crippen LogP contribution is -2.33. The first-order valence-corrected chi connectivity index (χ1v) is 5.55. The van der Waals surface area contributed by atoms with Crippen molar-refractivity contribution < 1.29 is 14.6 Å². The molecule has 2 N–H and O–H groups in total. The van der Waals surface area contributed by atoms with Crippen LogP contribution < -0.4 is 10.1 Å². The van der Waals surface area contributed by atoms with Gasteiger partial charge in [-0.25, -0.2) is 0 Å². The van der Waals surface area contributed by atoms with Crippen molar-refractivity contribution in [1.29, 1.82) is 0 Å². The third kappa shape index (κ3) is 2.85. The summed E-state index contributed by atoms with van der Waals surface area (Å²) in [5.41, 5.74) is 1.48. The number of para-hydroxylation sites is 1. The number of amides is 1. The van der Waals surface area contributed by atoms with Crippen molar-refractivity contribution in [2.45, 2.75) is 13.0 Å². The summed E-state index contributed by atoms with van der Waals surface area (Å²) in [5, 5.41) is 11.7. The molecule has 0 bridgehead atoms. The van der Waals surface area contributed by atoms with E-state index in [0.717, 1.165) is 11.3 Å². The molecule has 1 aliphatic rings. The van der Waals surface area contributed by atoms with Gasteiger partial charge in [0.15, 0.2) is 0 Å². The normalized spacial score (nSPS) is 15.3. The van der Waals surface area contributed by atoms with Gasteiger partial charge in [0.2, 0.25) is 0 Å². The van der Waals surface area contributed by atoms with Gasteiger partial charge in [-0.2, -0.15) is 0 Å². The molecule has 1 aromatic rings.